The van der Waals surface area contributed by atoms with Gasteiger partial charge in [-0.05, 0) is 65.8 Å². The molecule has 2 heteroatoms. The van der Waals surface area contributed by atoms with Crippen molar-refractivity contribution in [3.05, 3.63) is 59.4 Å². The summed E-state index contributed by atoms with van der Waals surface area (Å²) in [6, 6.07) is 10.5. The maximum absolute atomic E-state index is 5.34. The second-order valence-electron chi connectivity index (χ2n) is 4.83. The van der Waals surface area contributed by atoms with Gasteiger partial charge < -0.3 is 4.74 Å². The normalized spacial score (nSPS) is 16.2. The summed E-state index contributed by atoms with van der Waals surface area (Å²) in [6.07, 6.45) is 9.44. The lowest BCUT2D eigenvalue weighted by atomic mass is 9.86. The van der Waals surface area contributed by atoms with Crippen LogP contribution < -0.4 is 4.74 Å². The highest BCUT2D eigenvalue weighted by Gasteiger charge is 2.14. The van der Waals surface area contributed by atoms with Crippen LogP contribution in [0.3, 0.4) is 0 Å². The summed E-state index contributed by atoms with van der Waals surface area (Å²) in [5.41, 5.74) is 5.36. The highest BCUT2D eigenvalue weighted by molar-refractivity contribution is 5.84. The van der Waals surface area contributed by atoms with E-state index in [1.165, 1.54) is 28.7 Å². The van der Waals surface area contributed by atoms with E-state index in [9.17, 15) is 0 Å². The topological polar surface area (TPSA) is 22.1 Å². The zero-order valence-electron chi connectivity index (χ0n) is 11.1. The number of aryl methyl sites for hydroxylation is 1. The van der Waals surface area contributed by atoms with Gasteiger partial charge in [-0.25, -0.2) is 0 Å². The maximum atomic E-state index is 5.34. The molecule has 0 amide bonds. The van der Waals surface area contributed by atoms with E-state index in [1.54, 1.807) is 7.11 Å². The number of benzene rings is 1. The number of hydrogen-bond acceptors (Lipinski definition) is 2. The molecule has 1 aliphatic rings. The Morgan fingerprint density at radius 3 is 2.74 bits per heavy atom. The summed E-state index contributed by atoms with van der Waals surface area (Å²) in [7, 11) is 1.72. The molecule has 0 aliphatic heterocycles. The second kappa shape index (κ2) is 5.27. The van der Waals surface area contributed by atoms with Crippen molar-refractivity contribution < 1.29 is 4.74 Å². The van der Waals surface area contributed by atoms with Gasteiger partial charge in [0, 0.05) is 12.4 Å². The molecular formula is C17H17NO. The lowest BCUT2D eigenvalue weighted by Crippen LogP contribution is -2.02. The standard InChI is InChI=1S/C17H17NO/c1-19-16-6-5-14-3-2-4-15(17(14)12-16)11-13-7-9-18-10-8-13/h5-12H,2-4H2,1H3/b15-11+. The van der Waals surface area contributed by atoms with Gasteiger partial charge in [0.2, 0.25) is 0 Å². The predicted octanol–water partition coefficient (Wildman–Crippen LogP) is 3.97. The Labute approximate surface area is 113 Å². The average molecular weight is 251 g/mol. The van der Waals surface area contributed by atoms with Crippen LogP contribution in [-0.4, -0.2) is 12.1 Å². The van der Waals surface area contributed by atoms with Gasteiger partial charge in [-0.1, -0.05) is 12.1 Å². The number of methoxy groups -OCH3 is 1. The third-order valence-electron chi connectivity index (χ3n) is 3.60. The first-order valence-electron chi connectivity index (χ1n) is 6.65. The smallest absolute Gasteiger partial charge is 0.119 e. The fraction of sp³-hybridized carbons (Fsp3) is 0.235. The zero-order chi connectivity index (χ0) is 13.1. The van der Waals surface area contributed by atoms with Crippen LogP contribution in [0.15, 0.2) is 42.7 Å². The van der Waals surface area contributed by atoms with Crippen LogP contribution in [0.5, 0.6) is 5.75 Å². The van der Waals surface area contributed by atoms with Gasteiger partial charge >= 0.3 is 0 Å². The highest BCUT2D eigenvalue weighted by Crippen LogP contribution is 2.34. The SMILES string of the molecule is COc1ccc2c(c1)/C(=C/c1ccncc1)CCC2. The first-order chi connectivity index (χ1) is 9.36. The highest BCUT2D eigenvalue weighted by atomic mass is 16.5. The Balaban J connectivity index is 2.04. The van der Waals surface area contributed by atoms with Crippen molar-refractivity contribution in [2.24, 2.45) is 0 Å². The minimum atomic E-state index is 0.932. The fourth-order valence-corrected chi connectivity index (χ4v) is 2.61. The van der Waals surface area contributed by atoms with E-state index in [0.29, 0.717) is 0 Å². The van der Waals surface area contributed by atoms with Crippen LogP contribution in [0.2, 0.25) is 0 Å². The summed E-state index contributed by atoms with van der Waals surface area (Å²) < 4.78 is 5.34. The summed E-state index contributed by atoms with van der Waals surface area (Å²) in [5.74, 6) is 0.932. The van der Waals surface area contributed by atoms with Crippen molar-refractivity contribution in [1.82, 2.24) is 4.98 Å². The van der Waals surface area contributed by atoms with Crippen LogP contribution in [0.1, 0.15) is 29.5 Å². The number of rotatable bonds is 2. The Hall–Kier alpha value is -2.09. The molecule has 0 unspecified atom stereocenters. The minimum absolute atomic E-state index is 0.932. The van der Waals surface area contributed by atoms with Crippen molar-refractivity contribution in [1.29, 1.82) is 0 Å². The Morgan fingerprint density at radius 2 is 1.95 bits per heavy atom. The van der Waals surface area contributed by atoms with E-state index >= 15 is 0 Å². The number of ether oxygens (including phenoxy) is 1. The number of pyridine rings is 1. The maximum Gasteiger partial charge on any atom is 0.119 e. The Bertz CT molecular complexity index is 602. The lowest BCUT2D eigenvalue weighted by molar-refractivity contribution is 0.414. The molecule has 0 saturated heterocycles. The third kappa shape index (κ3) is 2.53. The van der Waals surface area contributed by atoms with Gasteiger partial charge in [-0.2, -0.15) is 0 Å². The fourth-order valence-electron chi connectivity index (χ4n) is 2.61. The number of hydrogen-bond donors (Lipinski definition) is 0. The van der Waals surface area contributed by atoms with Gasteiger partial charge in [0.1, 0.15) is 5.75 Å². The first kappa shape index (κ1) is 12.0. The minimum Gasteiger partial charge on any atom is -0.497 e. The van der Waals surface area contributed by atoms with Crippen molar-refractivity contribution in [3.8, 4) is 5.75 Å². The Kier molecular flexibility index (Phi) is 3.32. The molecular weight excluding hydrogens is 234 g/mol. The van der Waals surface area contributed by atoms with Crippen LogP contribution in [0.4, 0.5) is 0 Å². The molecule has 1 heterocycles. The van der Waals surface area contributed by atoms with E-state index in [0.717, 1.165) is 18.6 Å². The molecule has 19 heavy (non-hydrogen) atoms. The second-order valence-corrected chi connectivity index (χ2v) is 4.83. The molecule has 0 bridgehead atoms. The van der Waals surface area contributed by atoms with Crippen LogP contribution in [0, 0.1) is 0 Å². The molecule has 1 aromatic carbocycles. The Morgan fingerprint density at radius 1 is 1.11 bits per heavy atom. The van der Waals surface area contributed by atoms with Crippen molar-refractivity contribution >= 4 is 11.6 Å². The molecule has 1 aromatic heterocycles. The molecule has 3 rings (SSSR count). The molecule has 0 saturated carbocycles. The van der Waals surface area contributed by atoms with E-state index in [1.807, 2.05) is 30.6 Å². The number of allylic oxidation sites excluding steroid dienone is 1. The monoisotopic (exact) mass is 251 g/mol. The van der Waals surface area contributed by atoms with Gasteiger partial charge in [0.05, 0.1) is 7.11 Å². The summed E-state index contributed by atoms with van der Waals surface area (Å²) in [5, 5.41) is 0. The van der Waals surface area contributed by atoms with Crippen molar-refractivity contribution in [2.75, 3.05) is 7.11 Å². The largest absolute Gasteiger partial charge is 0.497 e. The summed E-state index contributed by atoms with van der Waals surface area (Å²) in [4.78, 5) is 4.06. The van der Waals surface area contributed by atoms with Gasteiger partial charge in [-0.15, -0.1) is 0 Å². The molecule has 96 valence electrons. The van der Waals surface area contributed by atoms with Crippen LogP contribution in [-0.2, 0) is 6.42 Å². The molecule has 2 aromatic rings. The zero-order valence-corrected chi connectivity index (χ0v) is 11.1. The molecule has 1 aliphatic carbocycles. The van der Waals surface area contributed by atoms with Crippen molar-refractivity contribution in [3.63, 3.8) is 0 Å². The third-order valence-corrected chi connectivity index (χ3v) is 3.60. The molecule has 0 spiro atoms. The number of nitrogens with zero attached hydrogens (tertiary/aromatic N) is 1. The molecule has 0 atom stereocenters. The number of aromatic nitrogens is 1. The summed E-state index contributed by atoms with van der Waals surface area (Å²) >= 11 is 0. The van der Waals surface area contributed by atoms with Crippen LogP contribution in [0.25, 0.3) is 11.6 Å². The van der Waals surface area contributed by atoms with E-state index < -0.39 is 0 Å². The molecule has 0 N–H and O–H groups in total. The van der Waals surface area contributed by atoms with E-state index in [-0.39, 0.29) is 0 Å². The van der Waals surface area contributed by atoms with Gasteiger partial charge in [0.15, 0.2) is 0 Å². The van der Waals surface area contributed by atoms with E-state index in [4.69, 9.17) is 4.74 Å². The van der Waals surface area contributed by atoms with Gasteiger partial charge in [0.25, 0.3) is 0 Å². The molecule has 0 radical (unpaired) electrons. The van der Waals surface area contributed by atoms with Gasteiger partial charge in [-0.3, -0.25) is 4.98 Å². The van der Waals surface area contributed by atoms with E-state index in [2.05, 4.69) is 23.2 Å². The predicted molar refractivity (Wildman–Crippen MR) is 78.0 cm³/mol. The average Bonchev–Trinajstić information content (AvgIpc) is 2.48. The molecule has 0 fully saturated rings. The lowest BCUT2D eigenvalue weighted by Gasteiger charge is -2.20. The van der Waals surface area contributed by atoms with Crippen molar-refractivity contribution in [2.45, 2.75) is 19.3 Å². The molecule has 2 nitrogen and oxygen atoms in total. The quantitative estimate of drug-likeness (QED) is 0.805. The van der Waals surface area contributed by atoms with Crippen LogP contribution >= 0.6 is 0 Å². The summed E-state index contributed by atoms with van der Waals surface area (Å²) in [6.45, 7) is 0. The number of fused-ring (bicyclic) bond motifs is 1. The first-order valence-corrected chi connectivity index (χ1v) is 6.65.